The Balaban J connectivity index is 1.73. The first-order valence-electron chi connectivity index (χ1n) is 10.4. The van der Waals surface area contributed by atoms with Gasteiger partial charge in [-0.05, 0) is 42.9 Å². The number of benzene rings is 2. The van der Waals surface area contributed by atoms with Gasteiger partial charge in [-0.3, -0.25) is 9.59 Å². The minimum atomic E-state index is -0.584. The molecular formula is C25H32N2O2. The molecule has 4 heteroatoms. The predicted molar refractivity (Wildman–Crippen MR) is 117 cm³/mol. The number of hydrogen-bond donors (Lipinski definition) is 1. The van der Waals surface area contributed by atoms with Crippen LogP contribution in [0.3, 0.4) is 0 Å². The van der Waals surface area contributed by atoms with E-state index in [-0.39, 0.29) is 11.8 Å². The van der Waals surface area contributed by atoms with Gasteiger partial charge in [0.25, 0.3) is 0 Å². The maximum atomic E-state index is 12.6. The number of aryl methyl sites for hydroxylation is 1. The minimum Gasteiger partial charge on any atom is -0.369 e. The SMILES string of the molecule is Cc1cccc(-c2ccc(CC3(C(N)=O)CCN(C(=O)C(C)(C)C)CC3)cc2)c1. The van der Waals surface area contributed by atoms with Crippen LogP contribution >= 0.6 is 0 Å². The van der Waals surface area contributed by atoms with Gasteiger partial charge in [-0.2, -0.15) is 0 Å². The van der Waals surface area contributed by atoms with Gasteiger partial charge < -0.3 is 10.6 Å². The van der Waals surface area contributed by atoms with E-state index in [9.17, 15) is 9.59 Å². The lowest BCUT2D eigenvalue weighted by Crippen LogP contribution is -2.51. The van der Waals surface area contributed by atoms with Gasteiger partial charge in [-0.25, -0.2) is 0 Å². The Kier molecular flexibility index (Phi) is 5.83. The standard InChI is InChI=1S/C25H32N2O2/c1-18-6-5-7-21(16-18)20-10-8-19(9-11-20)17-25(22(26)28)12-14-27(15-13-25)23(29)24(2,3)4/h5-11,16H,12-15,17H2,1-4H3,(H2,26,28). The maximum absolute atomic E-state index is 12.6. The van der Waals surface area contributed by atoms with E-state index in [1.165, 1.54) is 11.1 Å². The molecule has 2 aromatic carbocycles. The van der Waals surface area contributed by atoms with E-state index < -0.39 is 10.8 Å². The first-order chi connectivity index (χ1) is 13.6. The lowest BCUT2D eigenvalue weighted by atomic mass is 9.72. The van der Waals surface area contributed by atoms with Crippen LogP contribution in [0.1, 0.15) is 44.7 Å². The van der Waals surface area contributed by atoms with Gasteiger partial charge >= 0.3 is 0 Å². The van der Waals surface area contributed by atoms with E-state index in [2.05, 4.69) is 55.5 Å². The van der Waals surface area contributed by atoms with Crippen LogP contribution in [-0.2, 0) is 16.0 Å². The van der Waals surface area contributed by atoms with Crippen molar-refractivity contribution in [3.8, 4) is 11.1 Å². The molecule has 0 aromatic heterocycles. The topological polar surface area (TPSA) is 63.4 Å². The van der Waals surface area contributed by atoms with E-state index in [1.807, 2.05) is 25.7 Å². The molecule has 1 heterocycles. The average molecular weight is 393 g/mol. The summed E-state index contributed by atoms with van der Waals surface area (Å²) in [6.45, 7) is 9.05. The molecular weight excluding hydrogens is 360 g/mol. The largest absolute Gasteiger partial charge is 0.369 e. The van der Waals surface area contributed by atoms with Gasteiger partial charge in [0.2, 0.25) is 11.8 Å². The number of hydrogen-bond acceptors (Lipinski definition) is 2. The van der Waals surface area contributed by atoms with Gasteiger partial charge in [-0.15, -0.1) is 0 Å². The average Bonchev–Trinajstić information content (AvgIpc) is 2.68. The van der Waals surface area contributed by atoms with Crippen molar-refractivity contribution in [1.82, 2.24) is 4.90 Å². The lowest BCUT2D eigenvalue weighted by Gasteiger charge is -2.41. The van der Waals surface area contributed by atoms with Crippen LogP contribution in [0.2, 0.25) is 0 Å². The van der Waals surface area contributed by atoms with Crippen molar-refractivity contribution in [1.29, 1.82) is 0 Å². The van der Waals surface area contributed by atoms with Crippen LogP contribution in [0.5, 0.6) is 0 Å². The normalized spacial score (nSPS) is 16.5. The highest BCUT2D eigenvalue weighted by molar-refractivity contribution is 5.84. The number of carbonyl (C=O) groups is 2. The van der Waals surface area contributed by atoms with Crippen LogP contribution in [0.4, 0.5) is 0 Å². The molecule has 0 aliphatic carbocycles. The molecule has 1 saturated heterocycles. The van der Waals surface area contributed by atoms with E-state index in [4.69, 9.17) is 5.73 Å². The number of amides is 2. The molecule has 0 unspecified atom stereocenters. The fraction of sp³-hybridized carbons (Fsp3) is 0.440. The molecule has 2 N–H and O–H groups in total. The summed E-state index contributed by atoms with van der Waals surface area (Å²) in [5, 5.41) is 0. The van der Waals surface area contributed by atoms with Crippen molar-refractivity contribution < 1.29 is 9.59 Å². The van der Waals surface area contributed by atoms with Gasteiger partial charge in [0.15, 0.2) is 0 Å². The molecule has 154 valence electrons. The molecule has 0 bridgehead atoms. The van der Waals surface area contributed by atoms with Gasteiger partial charge in [0, 0.05) is 18.5 Å². The van der Waals surface area contributed by atoms with Crippen molar-refractivity contribution in [2.75, 3.05) is 13.1 Å². The van der Waals surface area contributed by atoms with Gasteiger partial charge in [0.1, 0.15) is 0 Å². The quantitative estimate of drug-likeness (QED) is 0.841. The zero-order chi connectivity index (χ0) is 21.2. The smallest absolute Gasteiger partial charge is 0.227 e. The molecule has 29 heavy (non-hydrogen) atoms. The van der Waals surface area contributed by atoms with Crippen molar-refractivity contribution in [2.45, 2.75) is 47.0 Å². The van der Waals surface area contributed by atoms with Crippen LogP contribution in [0, 0.1) is 17.8 Å². The monoisotopic (exact) mass is 392 g/mol. The molecule has 0 radical (unpaired) electrons. The number of piperidine rings is 1. The second-order valence-corrected chi connectivity index (χ2v) is 9.43. The first-order valence-corrected chi connectivity index (χ1v) is 10.4. The van der Waals surface area contributed by atoms with Gasteiger partial charge in [0.05, 0.1) is 5.41 Å². The Hall–Kier alpha value is -2.62. The summed E-state index contributed by atoms with van der Waals surface area (Å²) in [6, 6.07) is 16.8. The first kappa shape index (κ1) is 21.1. The van der Waals surface area contributed by atoms with Crippen molar-refractivity contribution in [2.24, 2.45) is 16.6 Å². The van der Waals surface area contributed by atoms with Crippen LogP contribution < -0.4 is 5.73 Å². The molecule has 4 nitrogen and oxygen atoms in total. The Bertz CT molecular complexity index is 886. The molecule has 0 saturated carbocycles. The Morgan fingerprint density at radius 2 is 1.62 bits per heavy atom. The highest BCUT2D eigenvalue weighted by Gasteiger charge is 2.42. The number of carbonyl (C=O) groups excluding carboxylic acids is 2. The third-order valence-corrected chi connectivity index (χ3v) is 6.02. The molecule has 0 atom stereocenters. The second kappa shape index (κ2) is 8.02. The number of nitrogens with two attached hydrogens (primary N) is 1. The molecule has 1 aliphatic rings. The van der Waals surface area contributed by atoms with Gasteiger partial charge in [-0.1, -0.05) is 74.9 Å². The molecule has 2 aromatic rings. The highest BCUT2D eigenvalue weighted by Crippen LogP contribution is 2.36. The van der Waals surface area contributed by atoms with E-state index in [0.29, 0.717) is 32.4 Å². The molecule has 2 amide bonds. The lowest BCUT2D eigenvalue weighted by molar-refractivity contribution is -0.145. The highest BCUT2D eigenvalue weighted by atomic mass is 16.2. The second-order valence-electron chi connectivity index (χ2n) is 9.43. The number of nitrogens with zero attached hydrogens (tertiary/aromatic N) is 1. The summed E-state index contributed by atoms with van der Waals surface area (Å²) in [5.74, 6) is -0.124. The van der Waals surface area contributed by atoms with Crippen LogP contribution in [-0.4, -0.2) is 29.8 Å². The summed E-state index contributed by atoms with van der Waals surface area (Å²) in [4.78, 5) is 26.8. The molecule has 0 spiro atoms. The number of rotatable bonds is 4. The fourth-order valence-corrected chi connectivity index (χ4v) is 4.15. The van der Waals surface area contributed by atoms with E-state index >= 15 is 0 Å². The van der Waals surface area contributed by atoms with Crippen molar-refractivity contribution in [3.05, 3.63) is 59.7 Å². The predicted octanol–water partition coefficient (Wildman–Crippen LogP) is 4.34. The summed E-state index contributed by atoms with van der Waals surface area (Å²) in [5.41, 5.74) is 9.56. The van der Waals surface area contributed by atoms with Crippen molar-refractivity contribution in [3.63, 3.8) is 0 Å². The molecule has 3 rings (SSSR count). The number of likely N-dealkylation sites (tertiary alicyclic amines) is 1. The number of primary amides is 1. The third kappa shape index (κ3) is 4.69. The van der Waals surface area contributed by atoms with E-state index in [0.717, 1.165) is 11.1 Å². The fourth-order valence-electron chi connectivity index (χ4n) is 4.15. The molecule has 1 aliphatic heterocycles. The Morgan fingerprint density at radius 1 is 1.00 bits per heavy atom. The summed E-state index contributed by atoms with van der Waals surface area (Å²) in [6.07, 6.45) is 1.85. The van der Waals surface area contributed by atoms with Crippen molar-refractivity contribution >= 4 is 11.8 Å². The van der Waals surface area contributed by atoms with Crippen LogP contribution in [0.25, 0.3) is 11.1 Å². The summed E-state index contributed by atoms with van der Waals surface area (Å²) in [7, 11) is 0. The summed E-state index contributed by atoms with van der Waals surface area (Å²) >= 11 is 0. The Labute approximate surface area is 174 Å². The minimum absolute atomic E-state index is 0.137. The zero-order valence-corrected chi connectivity index (χ0v) is 18.0. The maximum Gasteiger partial charge on any atom is 0.227 e. The van der Waals surface area contributed by atoms with E-state index in [1.54, 1.807) is 0 Å². The third-order valence-electron chi connectivity index (χ3n) is 6.02. The molecule has 1 fully saturated rings. The van der Waals surface area contributed by atoms with Crippen LogP contribution in [0.15, 0.2) is 48.5 Å². The Morgan fingerprint density at radius 3 is 2.14 bits per heavy atom. The zero-order valence-electron chi connectivity index (χ0n) is 18.0. The summed E-state index contributed by atoms with van der Waals surface area (Å²) < 4.78 is 0.